The van der Waals surface area contributed by atoms with Gasteiger partial charge in [-0.1, -0.05) is 33.3 Å². The molecule has 1 aromatic heterocycles. The zero-order valence-electron chi connectivity index (χ0n) is 10.9. The van der Waals surface area contributed by atoms with Crippen LogP contribution in [0.2, 0.25) is 0 Å². The molecule has 0 aliphatic heterocycles. The lowest BCUT2D eigenvalue weighted by atomic mass is 9.98. The van der Waals surface area contributed by atoms with Gasteiger partial charge in [0.1, 0.15) is 11.3 Å². The highest BCUT2D eigenvalue weighted by Gasteiger charge is 2.13. The average molecular weight is 231 g/mol. The second kappa shape index (κ2) is 4.92. The van der Waals surface area contributed by atoms with Crippen LogP contribution < -0.4 is 5.73 Å². The highest BCUT2D eigenvalue weighted by atomic mass is 16.3. The molecule has 0 atom stereocenters. The molecule has 17 heavy (non-hydrogen) atoms. The van der Waals surface area contributed by atoms with Gasteiger partial charge in [0.25, 0.3) is 0 Å². The predicted octanol–water partition coefficient (Wildman–Crippen LogP) is 3.97. The van der Waals surface area contributed by atoms with Gasteiger partial charge in [0, 0.05) is 10.9 Å². The Labute approximate surface area is 103 Å². The van der Waals surface area contributed by atoms with E-state index in [9.17, 15) is 0 Å². The molecule has 1 aromatic carbocycles. The van der Waals surface area contributed by atoms with Crippen LogP contribution in [0.25, 0.3) is 11.0 Å². The summed E-state index contributed by atoms with van der Waals surface area (Å²) in [5.74, 6) is 1.49. The van der Waals surface area contributed by atoms with Gasteiger partial charge >= 0.3 is 0 Å². The maximum Gasteiger partial charge on any atom is 0.134 e. The fourth-order valence-electron chi connectivity index (χ4n) is 2.27. The summed E-state index contributed by atoms with van der Waals surface area (Å²) in [5.41, 5.74) is 9.38. The topological polar surface area (TPSA) is 39.2 Å². The van der Waals surface area contributed by atoms with Gasteiger partial charge in [-0.3, -0.25) is 0 Å². The molecule has 0 fully saturated rings. The molecule has 0 unspecified atom stereocenters. The quantitative estimate of drug-likeness (QED) is 0.864. The monoisotopic (exact) mass is 231 g/mol. The van der Waals surface area contributed by atoms with Crippen LogP contribution in [-0.4, -0.2) is 0 Å². The zero-order valence-corrected chi connectivity index (χ0v) is 10.9. The molecule has 1 heterocycles. The Kier molecular flexibility index (Phi) is 3.53. The van der Waals surface area contributed by atoms with Crippen LogP contribution >= 0.6 is 0 Å². The van der Waals surface area contributed by atoms with E-state index in [1.807, 2.05) is 0 Å². The van der Waals surface area contributed by atoms with Crippen molar-refractivity contribution in [2.75, 3.05) is 0 Å². The Bertz CT molecular complexity index is 511. The largest absolute Gasteiger partial charge is 0.459 e. The SMILES string of the molecule is CCCc1c(CN)oc2ccc(C(C)C)cc12. The highest BCUT2D eigenvalue weighted by Crippen LogP contribution is 2.29. The average Bonchev–Trinajstić information content (AvgIpc) is 2.67. The Balaban J connectivity index is 2.60. The predicted molar refractivity (Wildman–Crippen MR) is 72.2 cm³/mol. The molecule has 2 nitrogen and oxygen atoms in total. The summed E-state index contributed by atoms with van der Waals surface area (Å²) < 4.78 is 5.81. The first kappa shape index (κ1) is 12.2. The Morgan fingerprint density at radius 3 is 2.65 bits per heavy atom. The number of benzene rings is 1. The van der Waals surface area contributed by atoms with E-state index in [0.717, 1.165) is 24.2 Å². The van der Waals surface area contributed by atoms with E-state index in [2.05, 4.69) is 39.0 Å². The van der Waals surface area contributed by atoms with Crippen molar-refractivity contribution in [3.05, 3.63) is 35.1 Å². The third-order valence-corrected chi connectivity index (χ3v) is 3.25. The van der Waals surface area contributed by atoms with Gasteiger partial charge in [0.05, 0.1) is 6.54 Å². The van der Waals surface area contributed by atoms with E-state index >= 15 is 0 Å². The molecule has 92 valence electrons. The van der Waals surface area contributed by atoms with Crippen molar-refractivity contribution in [1.29, 1.82) is 0 Å². The summed E-state index contributed by atoms with van der Waals surface area (Å²) in [5, 5.41) is 1.25. The van der Waals surface area contributed by atoms with Crippen molar-refractivity contribution < 1.29 is 4.42 Å². The number of aryl methyl sites for hydroxylation is 1. The lowest BCUT2D eigenvalue weighted by molar-refractivity contribution is 0.544. The minimum absolute atomic E-state index is 0.487. The van der Waals surface area contributed by atoms with E-state index in [4.69, 9.17) is 10.2 Å². The second-order valence-corrected chi connectivity index (χ2v) is 4.87. The smallest absolute Gasteiger partial charge is 0.134 e. The third kappa shape index (κ3) is 2.22. The molecule has 0 spiro atoms. The van der Waals surface area contributed by atoms with Gasteiger partial charge in [-0.15, -0.1) is 0 Å². The number of fused-ring (bicyclic) bond motifs is 1. The van der Waals surface area contributed by atoms with Crippen molar-refractivity contribution in [1.82, 2.24) is 0 Å². The molecule has 2 heteroatoms. The summed E-state index contributed by atoms with van der Waals surface area (Å²) in [7, 11) is 0. The van der Waals surface area contributed by atoms with Crippen molar-refractivity contribution in [2.24, 2.45) is 5.73 Å². The summed E-state index contributed by atoms with van der Waals surface area (Å²) in [6.07, 6.45) is 2.16. The summed E-state index contributed by atoms with van der Waals surface area (Å²) in [6.45, 7) is 7.10. The molecule has 0 saturated carbocycles. The molecule has 0 aliphatic carbocycles. The van der Waals surface area contributed by atoms with E-state index in [1.54, 1.807) is 0 Å². The lowest BCUT2D eigenvalue weighted by Crippen LogP contribution is -1.98. The first-order valence-corrected chi connectivity index (χ1v) is 6.41. The van der Waals surface area contributed by atoms with Crippen molar-refractivity contribution >= 4 is 11.0 Å². The normalized spacial score (nSPS) is 11.6. The molecule has 0 bridgehead atoms. The maximum atomic E-state index is 5.81. The molecule has 2 aromatic rings. The zero-order chi connectivity index (χ0) is 12.4. The lowest BCUT2D eigenvalue weighted by Gasteiger charge is -2.05. The van der Waals surface area contributed by atoms with Crippen molar-refractivity contribution in [3.8, 4) is 0 Å². The molecule has 0 saturated heterocycles. The van der Waals surface area contributed by atoms with Crippen LogP contribution in [0.1, 0.15) is 50.0 Å². The molecule has 2 N–H and O–H groups in total. The molecule has 2 rings (SSSR count). The van der Waals surface area contributed by atoms with E-state index in [0.29, 0.717) is 12.5 Å². The minimum Gasteiger partial charge on any atom is -0.459 e. The first-order valence-electron chi connectivity index (χ1n) is 6.41. The fourth-order valence-corrected chi connectivity index (χ4v) is 2.27. The third-order valence-electron chi connectivity index (χ3n) is 3.25. The fraction of sp³-hybridized carbons (Fsp3) is 0.467. The van der Waals surface area contributed by atoms with Crippen molar-refractivity contribution in [2.45, 2.75) is 46.1 Å². The van der Waals surface area contributed by atoms with Gasteiger partial charge in [-0.05, 0) is 30.0 Å². The van der Waals surface area contributed by atoms with E-state index < -0.39 is 0 Å². The van der Waals surface area contributed by atoms with Crippen LogP contribution in [-0.2, 0) is 13.0 Å². The minimum atomic E-state index is 0.487. The Morgan fingerprint density at radius 2 is 2.06 bits per heavy atom. The Hall–Kier alpha value is -1.28. The highest BCUT2D eigenvalue weighted by molar-refractivity contribution is 5.83. The summed E-state index contributed by atoms with van der Waals surface area (Å²) >= 11 is 0. The second-order valence-electron chi connectivity index (χ2n) is 4.87. The summed E-state index contributed by atoms with van der Waals surface area (Å²) in [4.78, 5) is 0. The first-order chi connectivity index (χ1) is 8.17. The van der Waals surface area contributed by atoms with Crippen molar-refractivity contribution in [3.63, 3.8) is 0 Å². The molecule has 0 radical (unpaired) electrons. The standard InChI is InChI=1S/C15H21NO/c1-4-5-12-13-8-11(10(2)3)6-7-14(13)17-15(12)9-16/h6-8,10H,4-5,9,16H2,1-3H3. The maximum absolute atomic E-state index is 5.81. The van der Waals surface area contributed by atoms with Gasteiger partial charge in [0.15, 0.2) is 0 Å². The molecule has 0 aliphatic rings. The Morgan fingerprint density at radius 1 is 1.29 bits per heavy atom. The van der Waals surface area contributed by atoms with Gasteiger partial charge in [-0.25, -0.2) is 0 Å². The van der Waals surface area contributed by atoms with Gasteiger partial charge in [0.2, 0.25) is 0 Å². The van der Waals surface area contributed by atoms with Gasteiger partial charge in [-0.2, -0.15) is 0 Å². The van der Waals surface area contributed by atoms with Crippen LogP contribution in [0.4, 0.5) is 0 Å². The number of furan rings is 1. The van der Waals surface area contributed by atoms with Crippen LogP contribution in [0.15, 0.2) is 22.6 Å². The van der Waals surface area contributed by atoms with Crippen LogP contribution in [0, 0.1) is 0 Å². The van der Waals surface area contributed by atoms with Gasteiger partial charge < -0.3 is 10.2 Å². The number of hydrogen-bond donors (Lipinski definition) is 1. The number of hydrogen-bond acceptors (Lipinski definition) is 2. The number of nitrogens with two attached hydrogens (primary N) is 1. The molecule has 0 amide bonds. The summed E-state index contributed by atoms with van der Waals surface area (Å²) in [6, 6.07) is 6.48. The van der Waals surface area contributed by atoms with E-state index in [1.165, 1.54) is 16.5 Å². The number of rotatable bonds is 4. The van der Waals surface area contributed by atoms with E-state index in [-0.39, 0.29) is 0 Å². The van der Waals surface area contributed by atoms with Crippen LogP contribution in [0.5, 0.6) is 0 Å². The molecular formula is C15H21NO. The molecular weight excluding hydrogens is 210 g/mol. The van der Waals surface area contributed by atoms with Crippen LogP contribution in [0.3, 0.4) is 0 Å².